The first kappa shape index (κ1) is 38.8. The lowest BCUT2D eigenvalue weighted by Crippen LogP contribution is -2.24. The van der Waals surface area contributed by atoms with Gasteiger partial charge in [-0.3, -0.25) is 4.79 Å². The summed E-state index contributed by atoms with van der Waals surface area (Å²) in [6, 6.07) is 6.40. The molecule has 4 N–H and O–H groups in total. The summed E-state index contributed by atoms with van der Waals surface area (Å²) < 4.78 is 53.1. The monoisotopic (exact) mass is 651 g/mol. The van der Waals surface area contributed by atoms with Crippen LogP contribution in [-0.2, 0) is 24.4 Å². The molecule has 2 atom stereocenters. The lowest BCUT2D eigenvalue weighted by Gasteiger charge is -2.18. The first-order chi connectivity index (χ1) is 20.3. The second-order valence-corrected chi connectivity index (χ2v) is 15.3. The summed E-state index contributed by atoms with van der Waals surface area (Å²) in [6.07, 6.45) is 8.30. The van der Waals surface area contributed by atoms with E-state index in [2.05, 4.69) is 18.8 Å². The van der Waals surface area contributed by atoms with Gasteiger partial charge in [0, 0.05) is 18.1 Å². The molecule has 2 rings (SSSR count). The number of unbranched alkanes of at least 4 members (excludes halogenated alkanes) is 2. The molecule has 0 aromatic heterocycles. The maximum atomic E-state index is 12.1. The minimum absolute atomic E-state index is 0.0885. The van der Waals surface area contributed by atoms with Crippen molar-refractivity contribution in [2.24, 2.45) is 16.5 Å². The Morgan fingerprint density at radius 3 is 1.50 bits per heavy atom. The van der Waals surface area contributed by atoms with E-state index in [1.54, 1.807) is 19.9 Å². The third kappa shape index (κ3) is 11.0. The van der Waals surface area contributed by atoms with Gasteiger partial charge in [-0.1, -0.05) is 65.5 Å². The molecule has 0 fully saturated rings. The van der Waals surface area contributed by atoms with Crippen LogP contribution in [0.5, 0.6) is 0 Å². The van der Waals surface area contributed by atoms with Crippen molar-refractivity contribution in [1.29, 1.82) is 0 Å². The van der Waals surface area contributed by atoms with E-state index in [0.717, 1.165) is 61.5 Å². The van der Waals surface area contributed by atoms with Gasteiger partial charge in [-0.15, -0.1) is 0 Å². The summed E-state index contributed by atoms with van der Waals surface area (Å²) >= 11 is 0. The van der Waals surface area contributed by atoms with Crippen LogP contribution < -0.4 is 11.5 Å². The van der Waals surface area contributed by atoms with Gasteiger partial charge in [0.15, 0.2) is 25.6 Å². The van der Waals surface area contributed by atoms with Gasteiger partial charge in [0.1, 0.15) is 0 Å². The van der Waals surface area contributed by atoms with Gasteiger partial charge in [0.25, 0.3) is 5.91 Å². The molecule has 0 heterocycles. The van der Waals surface area contributed by atoms with E-state index in [4.69, 9.17) is 16.2 Å². The number of aryl methyl sites for hydroxylation is 2. The summed E-state index contributed by atoms with van der Waals surface area (Å²) in [4.78, 5) is 27.7. The Hall–Kier alpha value is -3.25. The lowest BCUT2D eigenvalue weighted by atomic mass is 9.92. The molecule has 0 aliphatic rings. The number of carbonyl (C=O) groups is 2. The van der Waals surface area contributed by atoms with Gasteiger partial charge in [-0.05, 0) is 72.9 Å². The van der Waals surface area contributed by atoms with E-state index >= 15 is 0 Å². The molecule has 2 aromatic rings. The molecule has 2 unspecified atom stereocenters. The van der Waals surface area contributed by atoms with Crippen LogP contribution in [0.1, 0.15) is 121 Å². The number of aliphatic imine (C=N–C) groups is 1. The van der Waals surface area contributed by atoms with Gasteiger partial charge < -0.3 is 16.2 Å². The number of esters is 1. The number of nitrogens with two attached hydrogens (primary N) is 2. The maximum absolute atomic E-state index is 12.1. The van der Waals surface area contributed by atoms with E-state index in [1.165, 1.54) is 25.5 Å². The zero-order valence-corrected chi connectivity index (χ0v) is 29.1. The van der Waals surface area contributed by atoms with Crippen molar-refractivity contribution in [2.45, 2.75) is 102 Å². The summed E-state index contributed by atoms with van der Waals surface area (Å²) in [5.41, 5.74) is 13.9. The van der Waals surface area contributed by atoms with Crippen LogP contribution in [0.3, 0.4) is 0 Å². The molecule has 0 bridgehead atoms. The van der Waals surface area contributed by atoms with Crippen LogP contribution in [0, 0.1) is 13.8 Å². The van der Waals surface area contributed by atoms with Gasteiger partial charge in [-0.2, -0.15) is 4.99 Å². The summed E-state index contributed by atoms with van der Waals surface area (Å²) in [7, 11) is -5.57. The molecule has 0 radical (unpaired) electrons. The highest BCUT2D eigenvalue weighted by molar-refractivity contribution is 7.91. The van der Waals surface area contributed by atoms with Gasteiger partial charge in [0.2, 0.25) is 0 Å². The van der Waals surface area contributed by atoms with Crippen molar-refractivity contribution in [1.82, 2.24) is 0 Å². The molecular formula is C32H49N3O7S2. The molecule has 1 amide bonds. The first-order valence-corrected chi connectivity index (χ1v) is 18.5. The van der Waals surface area contributed by atoms with Crippen LogP contribution in [0.2, 0.25) is 0 Å². The quantitative estimate of drug-likeness (QED) is 0.168. The van der Waals surface area contributed by atoms with E-state index in [1.807, 2.05) is 19.9 Å². The number of hydrogen-bond acceptors (Lipinski definition) is 7. The Bertz CT molecular complexity index is 1580. The normalized spacial score (nSPS) is 12.8. The SMILES string of the molecule is CCCCC(C)c1cc(C)c(C(=O)N=C(N)N)cc1S(C)(=O)=O.CCCCC(C)c1cc(C)c(C(=O)OC)cc1S(C)(=O)=O. The van der Waals surface area contributed by atoms with Crippen LogP contribution in [0.4, 0.5) is 0 Å². The molecule has 0 aliphatic heterocycles. The molecule has 44 heavy (non-hydrogen) atoms. The van der Waals surface area contributed by atoms with Crippen molar-refractivity contribution in [3.63, 3.8) is 0 Å². The molecule has 0 saturated carbocycles. The Kier molecular flexibility index (Phi) is 14.7. The molecule has 246 valence electrons. The molecule has 12 heteroatoms. The summed E-state index contributed by atoms with van der Waals surface area (Å²) in [6.45, 7) is 11.8. The van der Waals surface area contributed by atoms with E-state index in [9.17, 15) is 26.4 Å². The van der Waals surface area contributed by atoms with Crippen molar-refractivity contribution in [2.75, 3.05) is 19.6 Å². The number of benzene rings is 2. The standard InChI is InChI=1S/C16H25N3O3S.C16H24O4S/c1-5-6-7-10(2)12-8-11(3)13(15(20)19-16(17)18)9-14(12)23(4,21)22;1-6-7-8-11(2)13-9-12(3)14(16(17)20-4)10-15(13)21(5,18)19/h8-10H,5-7H2,1-4H3,(H4,17,18,19,20);9-11H,6-8H2,1-5H3. The predicted octanol–water partition coefficient (Wildman–Crippen LogP) is 5.58. The number of methoxy groups -OCH3 is 1. The predicted molar refractivity (Wildman–Crippen MR) is 176 cm³/mol. The second kappa shape index (κ2) is 16.7. The van der Waals surface area contributed by atoms with E-state index in [0.29, 0.717) is 11.1 Å². The highest BCUT2D eigenvalue weighted by Gasteiger charge is 2.23. The number of amides is 1. The number of sulfone groups is 2. The zero-order valence-electron chi connectivity index (χ0n) is 27.5. The van der Waals surface area contributed by atoms with Crippen molar-refractivity contribution in [3.8, 4) is 0 Å². The Balaban J connectivity index is 0.000000442. The smallest absolute Gasteiger partial charge is 0.338 e. The number of rotatable bonds is 12. The molecule has 2 aromatic carbocycles. The first-order valence-electron chi connectivity index (χ1n) is 14.7. The topological polar surface area (TPSA) is 176 Å². The molecule has 0 spiro atoms. The molecule has 0 aliphatic carbocycles. The number of ether oxygens (including phenoxy) is 1. The minimum atomic E-state index is -3.47. The maximum Gasteiger partial charge on any atom is 0.338 e. The molecule has 0 saturated heterocycles. The van der Waals surface area contributed by atoms with Gasteiger partial charge in [0.05, 0.1) is 22.5 Å². The number of nitrogens with zero attached hydrogens (tertiary/aromatic N) is 1. The Morgan fingerprint density at radius 1 is 0.773 bits per heavy atom. The molecular weight excluding hydrogens is 603 g/mol. The van der Waals surface area contributed by atoms with Crippen LogP contribution >= 0.6 is 0 Å². The number of guanidine groups is 1. The summed E-state index contributed by atoms with van der Waals surface area (Å²) in [5, 5.41) is 0. The van der Waals surface area contributed by atoms with Crippen molar-refractivity contribution < 1.29 is 31.2 Å². The highest BCUT2D eigenvalue weighted by Crippen LogP contribution is 2.32. The lowest BCUT2D eigenvalue weighted by molar-refractivity contribution is 0.0599. The van der Waals surface area contributed by atoms with E-state index < -0.39 is 31.6 Å². The van der Waals surface area contributed by atoms with Crippen molar-refractivity contribution >= 4 is 37.5 Å². The average Bonchev–Trinajstić information content (AvgIpc) is 2.92. The molecule has 10 nitrogen and oxygen atoms in total. The fourth-order valence-corrected chi connectivity index (χ4v) is 6.94. The Morgan fingerprint density at radius 2 is 1.16 bits per heavy atom. The van der Waals surface area contributed by atoms with Gasteiger partial charge in [-0.25, -0.2) is 21.6 Å². The van der Waals surface area contributed by atoms with Crippen LogP contribution in [0.25, 0.3) is 0 Å². The number of hydrogen-bond donors (Lipinski definition) is 2. The third-order valence-corrected chi connectivity index (χ3v) is 9.73. The fraction of sp³-hybridized carbons (Fsp3) is 0.531. The second-order valence-electron chi connectivity index (χ2n) is 11.4. The van der Waals surface area contributed by atoms with Crippen LogP contribution in [0.15, 0.2) is 39.0 Å². The van der Waals surface area contributed by atoms with Gasteiger partial charge >= 0.3 is 5.97 Å². The number of carbonyl (C=O) groups excluding carboxylic acids is 2. The zero-order chi connectivity index (χ0) is 34.0. The van der Waals surface area contributed by atoms with E-state index in [-0.39, 0.29) is 33.1 Å². The van der Waals surface area contributed by atoms with Crippen LogP contribution in [-0.4, -0.2) is 54.3 Å². The summed E-state index contributed by atoms with van der Waals surface area (Å²) in [5.74, 6) is -1.27. The minimum Gasteiger partial charge on any atom is -0.465 e. The Labute approximate surface area is 263 Å². The average molecular weight is 652 g/mol. The van der Waals surface area contributed by atoms with Crippen molar-refractivity contribution in [3.05, 3.63) is 57.6 Å². The highest BCUT2D eigenvalue weighted by atomic mass is 32.2. The third-order valence-electron chi connectivity index (χ3n) is 7.42. The largest absolute Gasteiger partial charge is 0.465 e. The fourth-order valence-electron chi connectivity index (χ4n) is 4.90.